The standard InChI is InChI=1S/C5H12N2O4S2/c6-12(8,9)4-3-7-13(10,11)5-1-2-5/h5,7H,1-4H2,(H2,6,8,9). The summed E-state index contributed by atoms with van der Waals surface area (Å²) in [7, 11) is -6.86. The minimum atomic E-state index is -3.58. The van der Waals surface area contributed by atoms with Crippen molar-refractivity contribution in [3.8, 4) is 0 Å². The highest BCUT2D eigenvalue weighted by Gasteiger charge is 2.35. The number of rotatable bonds is 5. The molecule has 78 valence electrons. The Kier molecular flexibility index (Phi) is 2.95. The SMILES string of the molecule is NS(=O)(=O)CCNS(=O)(=O)C1CC1. The van der Waals surface area contributed by atoms with E-state index in [0.29, 0.717) is 12.8 Å². The monoisotopic (exact) mass is 228 g/mol. The van der Waals surface area contributed by atoms with Crippen molar-refractivity contribution >= 4 is 20.0 Å². The van der Waals surface area contributed by atoms with Gasteiger partial charge in [-0.1, -0.05) is 0 Å². The minimum absolute atomic E-state index is 0.141. The summed E-state index contributed by atoms with van der Waals surface area (Å²) >= 11 is 0. The highest BCUT2D eigenvalue weighted by Crippen LogP contribution is 2.27. The van der Waals surface area contributed by atoms with Crippen LogP contribution in [-0.4, -0.2) is 34.4 Å². The molecule has 1 aliphatic rings. The third kappa shape index (κ3) is 4.03. The van der Waals surface area contributed by atoms with Crippen LogP contribution in [-0.2, 0) is 20.0 Å². The van der Waals surface area contributed by atoms with Gasteiger partial charge >= 0.3 is 0 Å². The average molecular weight is 228 g/mol. The fourth-order valence-corrected chi connectivity index (χ4v) is 2.72. The number of sulfonamides is 2. The zero-order valence-corrected chi connectivity index (χ0v) is 8.57. The van der Waals surface area contributed by atoms with Crippen LogP contribution in [0.15, 0.2) is 0 Å². The number of nitrogens with two attached hydrogens (primary N) is 1. The van der Waals surface area contributed by atoms with Gasteiger partial charge < -0.3 is 0 Å². The zero-order valence-electron chi connectivity index (χ0n) is 6.93. The summed E-state index contributed by atoms with van der Waals surface area (Å²) in [6.45, 7) is -0.141. The zero-order chi connectivity index (χ0) is 10.1. The van der Waals surface area contributed by atoms with Crippen LogP contribution in [0.5, 0.6) is 0 Å². The Morgan fingerprint density at radius 3 is 2.15 bits per heavy atom. The van der Waals surface area contributed by atoms with E-state index in [4.69, 9.17) is 5.14 Å². The fraction of sp³-hybridized carbons (Fsp3) is 1.00. The molecule has 0 amide bonds. The molecular formula is C5H12N2O4S2. The lowest BCUT2D eigenvalue weighted by Gasteiger charge is -2.03. The second-order valence-electron chi connectivity index (χ2n) is 3.01. The second-order valence-corrected chi connectivity index (χ2v) is 6.79. The molecule has 0 unspecified atom stereocenters. The van der Waals surface area contributed by atoms with Gasteiger partial charge in [0.25, 0.3) is 0 Å². The lowest BCUT2D eigenvalue weighted by atomic mass is 10.8. The summed E-state index contributed by atoms with van der Waals surface area (Å²) < 4.78 is 45.3. The van der Waals surface area contributed by atoms with Crippen LogP contribution in [0.1, 0.15) is 12.8 Å². The van der Waals surface area contributed by atoms with Crippen LogP contribution in [0.4, 0.5) is 0 Å². The quantitative estimate of drug-likeness (QED) is 0.588. The maximum absolute atomic E-state index is 11.1. The Morgan fingerprint density at radius 2 is 1.77 bits per heavy atom. The molecule has 0 bridgehead atoms. The van der Waals surface area contributed by atoms with Crippen LogP contribution in [0.2, 0.25) is 0 Å². The van der Waals surface area contributed by atoms with Gasteiger partial charge in [-0.05, 0) is 12.8 Å². The Morgan fingerprint density at radius 1 is 1.23 bits per heavy atom. The van der Waals surface area contributed by atoms with Gasteiger partial charge in [-0.2, -0.15) is 0 Å². The normalized spacial score (nSPS) is 18.8. The second kappa shape index (κ2) is 3.52. The summed E-state index contributed by atoms with van der Waals surface area (Å²) in [5.74, 6) is -0.362. The summed E-state index contributed by atoms with van der Waals surface area (Å²) in [5, 5.41) is 4.37. The smallest absolute Gasteiger partial charge is 0.214 e. The van der Waals surface area contributed by atoms with E-state index in [9.17, 15) is 16.8 Å². The van der Waals surface area contributed by atoms with E-state index in [1.807, 2.05) is 0 Å². The third-order valence-electron chi connectivity index (χ3n) is 1.65. The highest BCUT2D eigenvalue weighted by atomic mass is 32.2. The van der Waals surface area contributed by atoms with Crippen LogP contribution < -0.4 is 9.86 Å². The van der Waals surface area contributed by atoms with E-state index >= 15 is 0 Å². The molecule has 0 saturated heterocycles. The van der Waals surface area contributed by atoms with Gasteiger partial charge in [0.2, 0.25) is 20.0 Å². The van der Waals surface area contributed by atoms with Crippen molar-refractivity contribution in [2.45, 2.75) is 18.1 Å². The molecule has 13 heavy (non-hydrogen) atoms. The van der Waals surface area contributed by atoms with Gasteiger partial charge in [0.1, 0.15) is 0 Å². The molecule has 0 heterocycles. The maximum atomic E-state index is 11.1. The van der Waals surface area contributed by atoms with E-state index in [1.165, 1.54) is 0 Å². The molecule has 1 fully saturated rings. The van der Waals surface area contributed by atoms with E-state index in [-0.39, 0.29) is 17.5 Å². The van der Waals surface area contributed by atoms with Gasteiger partial charge in [0, 0.05) is 6.54 Å². The van der Waals surface area contributed by atoms with Crippen LogP contribution in [0, 0.1) is 0 Å². The first kappa shape index (κ1) is 10.9. The van der Waals surface area contributed by atoms with Gasteiger partial charge in [-0.3, -0.25) is 0 Å². The number of hydrogen-bond acceptors (Lipinski definition) is 4. The Bertz CT molecular complexity index is 367. The van der Waals surface area contributed by atoms with Crippen molar-refractivity contribution in [2.75, 3.05) is 12.3 Å². The van der Waals surface area contributed by atoms with Gasteiger partial charge in [0.05, 0.1) is 11.0 Å². The first-order chi connectivity index (χ1) is 5.81. The molecule has 0 spiro atoms. The summed E-state index contributed by atoms with van der Waals surface area (Å²) in [4.78, 5) is 0. The predicted molar refractivity (Wildman–Crippen MR) is 47.9 cm³/mol. The van der Waals surface area contributed by atoms with Crippen molar-refractivity contribution < 1.29 is 16.8 Å². The van der Waals surface area contributed by atoms with Crippen molar-refractivity contribution in [2.24, 2.45) is 5.14 Å². The molecular weight excluding hydrogens is 216 g/mol. The summed E-state index contributed by atoms with van der Waals surface area (Å²) in [5.41, 5.74) is 0. The number of nitrogens with one attached hydrogen (secondary N) is 1. The highest BCUT2D eigenvalue weighted by molar-refractivity contribution is 7.90. The molecule has 0 aromatic carbocycles. The molecule has 0 aromatic rings. The van der Waals surface area contributed by atoms with Crippen molar-refractivity contribution in [1.29, 1.82) is 0 Å². The number of primary sulfonamides is 1. The largest absolute Gasteiger partial charge is 0.229 e. The van der Waals surface area contributed by atoms with Crippen molar-refractivity contribution in [3.63, 3.8) is 0 Å². The van der Waals surface area contributed by atoms with Crippen LogP contribution in [0.3, 0.4) is 0 Å². The topological polar surface area (TPSA) is 106 Å². The molecule has 0 aromatic heterocycles. The Hall–Kier alpha value is -0.180. The molecule has 8 heteroatoms. The minimum Gasteiger partial charge on any atom is -0.229 e. The maximum Gasteiger partial charge on any atom is 0.214 e. The van der Waals surface area contributed by atoms with E-state index < -0.39 is 20.0 Å². The fourth-order valence-electron chi connectivity index (χ4n) is 0.822. The lowest BCUT2D eigenvalue weighted by Crippen LogP contribution is -2.33. The molecule has 0 radical (unpaired) electrons. The predicted octanol–water partition coefficient (Wildman–Crippen LogP) is -1.64. The van der Waals surface area contributed by atoms with Gasteiger partial charge in [-0.15, -0.1) is 0 Å². The first-order valence-corrected chi connectivity index (χ1v) is 7.06. The summed E-state index contributed by atoms with van der Waals surface area (Å²) in [6.07, 6.45) is 1.31. The van der Waals surface area contributed by atoms with E-state index in [0.717, 1.165) is 0 Å². The molecule has 0 aliphatic heterocycles. The van der Waals surface area contributed by atoms with Crippen molar-refractivity contribution in [1.82, 2.24) is 4.72 Å². The number of hydrogen-bond donors (Lipinski definition) is 2. The average Bonchev–Trinajstić information content (AvgIpc) is 2.62. The summed E-state index contributed by atoms with van der Waals surface area (Å²) in [6, 6.07) is 0. The van der Waals surface area contributed by atoms with Crippen LogP contribution in [0.25, 0.3) is 0 Å². The van der Waals surface area contributed by atoms with Crippen molar-refractivity contribution in [3.05, 3.63) is 0 Å². The molecule has 6 nitrogen and oxygen atoms in total. The molecule has 0 atom stereocenters. The Labute approximate surface area is 77.6 Å². The first-order valence-electron chi connectivity index (χ1n) is 3.80. The lowest BCUT2D eigenvalue weighted by molar-refractivity contribution is 0.580. The molecule has 3 N–H and O–H groups in total. The Balaban J connectivity index is 2.34. The molecule has 1 saturated carbocycles. The van der Waals surface area contributed by atoms with Crippen LogP contribution >= 0.6 is 0 Å². The molecule has 1 rings (SSSR count). The molecule has 1 aliphatic carbocycles. The van der Waals surface area contributed by atoms with E-state index in [1.54, 1.807) is 0 Å². The third-order valence-corrected chi connectivity index (χ3v) is 4.38. The van der Waals surface area contributed by atoms with Gasteiger partial charge in [0.15, 0.2) is 0 Å². The van der Waals surface area contributed by atoms with Gasteiger partial charge in [-0.25, -0.2) is 26.7 Å². The van der Waals surface area contributed by atoms with E-state index in [2.05, 4.69) is 4.72 Å².